The van der Waals surface area contributed by atoms with Gasteiger partial charge in [-0.3, -0.25) is 0 Å². The standard InChI is InChI=1S/C5H6N4O3S2/c1-9(2)14(11,12)5-8-7-4(13-5)6-3-10/h1-2H3. The van der Waals surface area contributed by atoms with Gasteiger partial charge in [0.15, 0.2) is 0 Å². The first-order valence-corrected chi connectivity index (χ1v) is 5.58. The van der Waals surface area contributed by atoms with Crippen molar-refractivity contribution in [1.82, 2.24) is 14.5 Å². The summed E-state index contributed by atoms with van der Waals surface area (Å²) < 4.78 is 23.7. The highest BCUT2D eigenvalue weighted by molar-refractivity contribution is 7.91. The Bertz CT molecular complexity index is 471. The molecular weight excluding hydrogens is 228 g/mol. The summed E-state index contributed by atoms with van der Waals surface area (Å²) >= 11 is 0.712. The van der Waals surface area contributed by atoms with Gasteiger partial charge in [-0.15, -0.1) is 15.2 Å². The fourth-order valence-electron chi connectivity index (χ4n) is 0.547. The molecule has 1 aromatic rings. The molecule has 9 heteroatoms. The lowest BCUT2D eigenvalue weighted by Gasteiger charge is -2.06. The van der Waals surface area contributed by atoms with Gasteiger partial charge >= 0.3 is 0 Å². The van der Waals surface area contributed by atoms with Gasteiger partial charge in [-0.2, -0.15) is 0 Å². The van der Waals surface area contributed by atoms with Crippen LogP contribution < -0.4 is 0 Å². The lowest BCUT2D eigenvalue weighted by atomic mass is 11.2. The Hall–Kier alpha value is -1.15. The van der Waals surface area contributed by atoms with Crippen molar-refractivity contribution in [3.05, 3.63) is 0 Å². The molecule has 14 heavy (non-hydrogen) atoms. The van der Waals surface area contributed by atoms with Crippen molar-refractivity contribution < 1.29 is 13.2 Å². The van der Waals surface area contributed by atoms with Crippen molar-refractivity contribution in [1.29, 1.82) is 0 Å². The maximum atomic E-state index is 11.4. The van der Waals surface area contributed by atoms with E-state index in [1.807, 2.05) is 0 Å². The Balaban J connectivity index is 3.16. The van der Waals surface area contributed by atoms with Crippen molar-refractivity contribution in [3.8, 4) is 0 Å². The highest BCUT2D eigenvalue weighted by Crippen LogP contribution is 2.23. The molecule has 7 nitrogen and oxygen atoms in total. The molecule has 0 amide bonds. The molecule has 0 spiro atoms. The van der Waals surface area contributed by atoms with E-state index in [-0.39, 0.29) is 9.47 Å². The SMILES string of the molecule is CN(C)S(=O)(=O)c1nnc(N=C=O)s1. The summed E-state index contributed by atoms with van der Waals surface area (Å²) in [5, 5.41) is 6.75. The minimum absolute atomic E-state index is 0.0274. The lowest BCUT2D eigenvalue weighted by Crippen LogP contribution is -2.21. The van der Waals surface area contributed by atoms with Gasteiger partial charge in [-0.25, -0.2) is 17.5 Å². The summed E-state index contributed by atoms with van der Waals surface area (Å²) in [5.41, 5.74) is 0. The highest BCUT2D eigenvalue weighted by atomic mass is 32.2. The summed E-state index contributed by atoms with van der Waals surface area (Å²) in [4.78, 5) is 13.0. The van der Waals surface area contributed by atoms with Crippen LogP contribution >= 0.6 is 11.3 Å². The van der Waals surface area contributed by atoms with E-state index in [0.717, 1.165) is 4.31 Å². The molecule has 0 aliphatic rings. The Kier molecular flexibility index (Phi) is 3.06. The molecule has 76 valence electrons. The van der Waals surface area contributed by atoms with E-state index in [9.17, 15) is 13.2 Å². The van der Waals surface area contributed by atoms with E-state index < -0.39 is 10.0 Å². The van der Waals surface area contributed by atoms with Crippen molar-refractivity contribution in [3.63, 3.8) is 0 Å². The molecule has 0 radical (unpaired) electrons. The molecule has 0 aliphatic heterocycles. The Morgan fingerprint density at radius 3 is 2.57 bits per heavy atom. The van der Waals surface area contributed by atoms with Gasteiger partial charge in [0.05, 0.1) is 0 Å². The number of aliphatic imine (C=N–C) groups is 1. The van der Waals surface area contributed by atoms with Crippen LogP contribution in [0.1, 0.15) is 0 Å². The van der Waals surface area contributed by atoms with Gasteiger partial charge in [-0.1, -0.05) is 11.3 Å². The number of carbonyl (C=O) groups excluding carboxylic acids is 1. The summed E-state index contributed by atoms with van der Waals surface area (Å²) in [6.07, 6.45) is 1.25. The lowest BCUT2D eigenvalue weighted by molar-refractivity contribution is 0.519. The Labute approximate surface area is 84.2 Å². The Morgan fingerprint density at radius 2 is 2.07 bits per heavy atom. The van der Waals surface area contributed by atoms with E-state index in [1.165, 1.54) is 20.2 Å². The van der Waals surface area contributed by atoms with Crippen LogP contribution in [-0.4, -0.2) is 43.1 Å². The number of hydrogen-bond acceptors (Lipinski definition) is 7. The van der Waals surface area contributed by atoms with Gasteiger partial charge in [0.1, 0.15) is 0 Å². The third-order valence-electron chi connectivity index (χ3n) is 1.24. The predicted molar refractivity (Wildman–Crippen MR) is 48.6 cm³/mol. The molecule has 0 atom stereocenters. The quantitative estimate of drug-likeness (QED) is 0.531. The summed E-state index contributed by atoms with van der Waals surface area (Å²) in [6.45, 7) is 0. The number of aromatic nitrogens is 2. The normalized spacial score (nSPS) is 11.4. The second kappa shape index (κ2) is 3.93. The fraction of sp³-hybridized carbons (Fsp3) is 0.400. The van der Waals surface area contributed by atoms with Crippen LogP contribution in [0.4, 0.5) is 5.13 Å². The summed E-state index contributed by atoms with van der Waals surface area (Å²) in [5.74, 6) is 0. The second-order valence-corrected chi connectivity index (χ2v) is 5.62. The van der Waals surface area contributed by atoms with E-state index in [2.05, 4.69) is 15.2 Å². The molecule has 0 saturated carbocycles. The number of sulfonamides is 1. The van der Waals surface area contributed by atoms with Gasteiger partial charge in [0.2, 0.25) is 15.6 Å². The molecular formula is C5H6N4O3S2. The number of rotatable bonds is 3. The van der Waals surface area contributed by atoms with Crippen molar-refractivity contribution in [2.24, 2.45) is 4.99 Å². The summed E-state index contributed by atoms with van der Waals surface area (Å²) in [7, 11) is -0.837. The van der Waals surface area contributed by atoms with Crippen molar-refractivity contribution >= 4 is 32.6 Å². The molecule has 1 aromatic heterocycles. The van der Waals surface area contributed by atoms with E-state index >= 15 is 0 Å². The maximum Gasteiger partial charge on any atom is 0.271 e. The smallest absolute Gasteiger partial charge is 0.211 e. The number of hydrogen-bond donors (Lipinski definition) is 0. The van der Waals surface area contributed by atoms with Crippen molar-refractivity contribution in [2.45, 2.75) is 4.34 Å². The second-order valence-electron chi connectivity index (χ2n) is 2.34. The first kappa shape index (κ1) is 10.9. The predicted octanol–water partition coefficient (Wildman–Crippen LogP) is -0.244. The minimum Gasteiger partial charge on any atom is -0.211 e. The average molecular weight is 234 g/mol. The molecule has 0 unspecified atom stereocenters. The number of nitrogens with zero attached hydrogens (tertiary/aromatic N) is 4. The zero-order valence-electron chi connectivity index (χ0n) is 7.33. The summed E-state index contributed by atoms with van der Waals surface area (Å²) in [6, 6.07) is 0. The van der Waals surface area contributed by atoms with Crippen LogP contribution in [0.5, 0.6) is 0 Å². The van der Waals surface area contributed by atoms with Crippen LogP contribution in [0.15, 0.2) is 9.33 Å². The highest BCUT2D eigenvalue weighted by Gasteiger charge is 2.22. The first-order chi connectivity index (χ1) is 6.48. The monoisotopic (exact) mass is 234 g/mol. The van der Waals surface area contributed by atoms with Crippen LogP contribution in [0, 0.1) is 0 Å². The molecule has 0 aliphatic carbocycles. The first-order valence-electron chi connectivity index (χ1n) is 3.32. The third kappa shape index (κ3) is 2.02. The molecule has 0 N–H and O–H groups in total. The van der Waals surface area contributed by atoms with E-state index in [4.69, 9.17) is 0 Å². The van der Waals surface area contributed by atoms with Crippen LogP contribution in [0.3, 0.4) is 0 Å². The van der Waals surface area contributed by atoms with E-state index in [1.54, 1.807) is 0 Å². The van der Waals surface area contributed by atoms with E-state index in [0.29, 0.717) is 11.3 Å². The third-order valence-corrected chi connectivity index (χ3v) is 4.22. The average Bonchev–Trinajstić information content (AvgIpc) is 2.53. The topological polar surface area (TPSA) is 92.6 Å². The molecule has 0 saturated heterocycles. The molecule has 1 rings (SSSR count). The fourth-order valence-corrected chi connectivity index (χ4v) is 2.50. The van der Waals surface area contributed by atoms with Crippen LogP contribution in [-0.2, 0) is 14.8 Å². The Morgan fingerprint density at radius 1 is 1.43 bits per heavy atom. The van der Waals surface area contributed by atoms with Crippen LogP contribution in [0.25, 0.3) is 0 Å². The van der Waals surface area contributed by atoms with Gasteiger partial charge in [0, 0.05) is 14.1 Å². The zero-order valence-corrected chi connectivity index (χ0v) is 8.96. The van der Waals surface area contributed by atoms with Gasteiger partial charge < -0.3 is 0 Å². The van der Waals surface area contributed by atoms with Gasteiger partial charge in [0.25, 0.3) is 10.0 Å². The molecule has 0 bridgehead atoms. The zero-order chi connectivity index (χ0) is 10.8. The largest absolute Gasteiger partial charge is 0.271 e. The molecule has 1 heterocycles. The maximum absolute atomic E-state index is 11.4. The van der Waals surface area contributed by atoms with Crippen LogP contribution in [0.2, 0.25) is 0 Å². The molecule has 0 fully saturated rings. The molecule has 0 aromatic carbocycles. The van der Waals surface area contributed by atoms with Gasteiger partial charge in [-0.05, 0) is 0 Å². The number of isocyanates is 1. The minimum atomic E-state index is -3.59. The van der Waals surface area contributed by atoms with Crippen molar-refractivity contribution in [2.75, 3.05) is 14.1 Å².